The topological polar surface area (TPSA) is 69.7 Å². The van der Waals surface area contributed by atoms with Gasteiger partial charge >= 0.3 is 0 Å². The molecule has 0 bridgehead atoms. The minimum absolute atomic E-state index is 0.0185. The summed E-state index contributed by atoms with van der Waals surface area (Å²) in [4.78, 5) is 36.6. The molecule has 0 unspecified atom stereocenters. The lowest BCUT2D eigenvalue weighted by Gasteiger charge is -2.31. The van der Waals surface area contributed by atoms with Crippen LogP contribution in [-0.4, -0.2) is 52.5 Å². The van der Waals surface area contributed by atoms with E-state index in [0.717, 1.165) is 24.8 Å². The van der Waals surface area contributed by atoms with Crippen molar-refractivity contribution in [1.82, 2.24) is 15.3 Å². The summed E-state index contributed by atoms with van der Waals surface area (Å²) in [7, 11) is 0. The van der Waals surface area contributed by atoms with Gasteiger partial charge in [-0.15, -0.1) is 11.8 Å². The highest BCUT2D eigenvalue weighted by Crippen LogP contribution is 2.50. The van der Waals surface area contributed by atoms with E-state index in [0.29, 0.717) is 31.1 Å². The summed E-state index contributed by atoms with van der Waals surface area (Å²) in [6, 6.07) is 9.88. The normalized spacial score (nSPS) is 17.9. The monoisotopic (exact) mass is 375 g/mol. The Hall–Kier alpha value is -2.02. The summed E-state index contributed by atoms with van der Waals surface area (Å²) in [5.41, 5.74) is 0.611. The molecule has 140 valence electrons. The molecule has 1 saturated heterocycles. The number of amides is 3. The quantitative estimate of drug-likeness (QED) is 0.584. The molecule has 3 rings (SSSR count). The van der Waals surface area contributed by atoms with Crippen LogP contribution in [0, 0.1) is 0 Å². The van der Waals surface area contributed by atoms with Crippen molar-refractivity contribution in [2.45, 2.75) is 38.0 Å². The third kappa shape index (κ3) is 4.03. The van der Waals surface area contributed by atoms with Crippen LogP contribution < -0.4 is 5.32 Å². The number of hydrazine groups is 1. The molecule has 2 aliphatic rings. The number of hydrogen-bond donors (Lipinski definition) is 1. The zero-order valence-corrected chi connectivity index (χ0v) is 15.9. The first-order chi connectivity index (χ1) is 12.5. The van der Waals surface area contributed by atoms with Gasteiger partial charge in [-0.05, 0) is 24.8 Å². The zero-order valence-electron chi connectivity index (χ0n) is 15.1. The maximum Gasteiger partial charge on any atom is 0.251 e. The fourth-order valence-corrected chi connectivity index (χ4v) is 4.12. The van der Waals surface area contributed by atoms with E-state index in [1.54, 1.807) is 10.0 Å². The average molecular weight is 375 g/mol. The van der Waals surface area contributed by atoms with Crippen molar-refractivity contribution in [2.75, 3.05) is 24.7 Å². The maximum atomic E-state index is 13.2. The Labute approximate surface area is 158 Å². The van der Waals surface area contributed by atoms with E-state index in [4.69, 9.17) is 0 Å². The summed E-state index contributed by atoms with van der Waals surface area (Å²) in [6.45, 7) is 2.68. The standard InChI is InChI=1S/C19H25N3O3S/c1-15(23)20-14-26-13-8-17(24)21-11-5-12-22(21)18(25)19(9-10-19)16-6-3-2-4-7-16/h2-4,6-7H,5,8-14H2,1H3,(H,20,23). The van der Waals surface area contributed by atoms with Crippen molar-refractivity contribution in [3.05, 3.63) is 35.9 Å². The smallest absolute Gasteiger partial charge is 0.251 e. The van der Waals surface area contributed by atoms with Crippen LogP contribution in [0.5, 0.6) is 0 Å². The van der Waals surface area contributed by atoms with Gasteiger partial charge in [0.2, 0.25) is 11.8 Å². The summed E-state index contributed by atoms with van der Waals surface area (Å²) in [6.07, 6.45) is 2.88. The number of benzene rings is 1. The van der Waals surface area contributed by atoms with Gasteiger partial charge in [0.25, 0.3) is 5.91 Å². The van der Waals surface area contributed by atoms with Crippen LogP contribution in [0.15, 0.2) is 30.3 Å². The Bertz CT molecular complexity index is 676. The summed E-state index contributed by atoms with van der Waals surface area (Å²) < 4.78 is 0. The molecule has 7 heteroatoms. The van der Waals surface area contributed by atoms with E-state index < -0.39 is 5.41 Å². The highest BCUT2D eigenvalue weighted by molar-refractivity contribution is 7.99. The van der Waals surface area contributed by atoms with Gasteiger partial charge in [0.1, 0.15) is 0 Å². The Morgan fingerprint density at radius 1 is 1.12 bits per heavy atom. The van der Waals surface area contributed by atoms with Gasteiger partial charge in [-0.1, -0.05) is 30.3 Å². The van der Waals surface area contributed by atoms with Crippen molar-refractivity contribution in [2.24, 2.45) is 0 Å². The molecular formula is C19H25N3O3S. The maximum absolute atomic E-state index is 13.2. The van der Waals surface area contributed by atoms with Crippen molar-refractivity contribution < 1.29 is 14.4 Å². The van der Waals surface area contributed by atoms with Gasteiger partial charge in [0.05, 0.1) is 11.3 Å². The van der Waals surface area contributed by atoms with Crippen LogP contribution in [0.1, 0.15) is 38.2 Å². The molecule has 1 aromatic rings. The first-order valence-electron chi connectivity index (χ1n) is 9.04. The first kappa shape index (κ1) is 18.8. The van der Waals surface area contributed by atoms with Gasteiger partial charge in [0.15, 0.2) is 0 Å². The second-order valence-corrected chi connectivity index (χ2v) is 7.89. The minimum atomic E-state index is -0.440. The number of hydrogen-bond acceptors (Lipinski definition) is 4. The molecule has 6 nitrogen and oxygen atoms in total. The molecule has 1 aliphatic carbocycles. The van der Waals surface area contributed by atoms with Crippen molar-refractivity contribution in [3.63, 3.8) is 0 Å². The van der Waals surface area contributed by atoms with Crippen LogP contribution >= 0.6 is 11.8 Å². The lowest BCUT2D eigenvalue weighted by molar-refractivity contribution is -0.159. The molecule has 3 amide bonds. The Morgan fingerprint density at radius 3 is 2.46 bits per heavy atom. The highest BCUT2D eigenvalue weighted by Gasteiger charge is 2.54. The van der Waals surface area contributed by atoms with Crippen LogP contribution in [0.3, 0.4) is 0 Å². The van der Waals surface area contributed by atoms with E-state index in [2.05, 4.69) is 5.32 Å². The molecule has 0 radical (unpaired) electrons. The van der Waals surface area contributed by atoms with E-state index in [1.165, 1.54) is 18.7 Å². The predicted molar refractivity (Wildman–Crippen MR) is 101 cm³/mol. The second kappa shape index (κ2) is 8.12. The summed E-state index contributed by atoms with van der Waals surface area (Å²) >= 11 is 1.51. The summed E-state index contributed by atoms with van der Waals surface area (Å²) in [5.74, 6) is 1.09. The molecule has 1 aliphatic heterocycles. The molecule has 1 N–H and O–H groups in total. The number of rotatable bonds is 7. The minimum Gasteiger partial charge on any atom is -0.347 e. The predicted octanol–water partition coefficient (Wildman–Crippen LogP) is 1.91. The Morgan fingerprint density at radius 2 is 1.81 bits per heavy atom. The largest absolute Gasteiger partial charge is 0.347 e. The van der Waals surface area contributed by atoms with Gasteiger partial charge in [-0.25, -0.2) is 0 Å². The highest BCUT2D eigenvalue weighted by atomic mass is 32.2. The molecule has 26 heavy (non-hydrogen) atoms. The Balaban J connectivity index is 1.57. The van der Waals surface area contributed by atoms with Gasteiger partial charge in [-0.2, -0.15) is 0 Å². The van der Waals surface area contributed by atoms with Gasteiger partial charge in [-0.3, -0.25) is 24.4 Å². The summed E-state index contributed by atoms with van der Waals surface area (Å²) in [5, 5.41) is 5.99. The van der Waals surface area contributed by atoms with Crippen LogP contribution in [-0.2, 0) is 19.8 Å². The number of nitrogens with one attached hydrogen (secondary N) is 1. The second-order valence-electron chi connectivity index (χ2n) is 6.78. The van der Waals surface area contributed by atoms with E-state index in [-0.39, 0.29) is 17.7 Å². The van der Waals surface area contributed by atoms with E-state index in [9.17, 15) is 14.4 Å². The molecule has 1 heterocycles. The van der Waals surface area contributed by atoms with Crippen LogP contribution in [0.25, 0.3) is 0 Å². The molecule has 1 saturated carbocycles. The van der Waals surface area contributed by atoms with Crippen molar-refractivity contribution in [1.29, 1.82) is 0 Å². The third-order valence-electron chi connectivity index (χ3n) is 4.92. The molecular weight excluding hydrogens is 350 g/mol. The number of thioether (sulfide) groups is 1. The molecule has 1 aromatic carbocycles. The molecule has 0 atom stereocenters. The Kier molecular flexibility index (Phi) is 5.86. The number of carbonyl (C=O) groups is 3. The number of carbonyl (C=O) groups excluding carboxylic acids is 3. The fraction of sp³-hybridized carbons (Fsp3) is 0.526. The number of nitrogens with zero attached hydrogens (tertiary/aromatic N) is 2. The average Bonchev–Trinajstić information content (AvgIpc) is 3.31. The lowest BCUT2D eigenvalue weighted by Crippen LogP contribution is -2.49. The fourth-order valence-electron chi connectivity index (χ4n) is 3.35. The molecule has 2 fully saturated rings. The lowest BCUT2D eigenvalue weighted by atomic mass is 9.95. The van der Waals surface area contributed by atoms with Crippen molar-refractivity contribution >= 4 is 29.5 Å². The van der Waals surface area contributed by atoms with Crippen molar-refractivity contribution in [3.8, 4) is 0 Å². The molecule has 0 aromatic heterocycles. The van der Waals surface area contributed by atoms with E-state index >= 15 is 0 Å². The third-order valence-corrected chi connectivity index (χ3v) is 5.76. The van der Waals surface area contributed by atoms with Gasteiger partial charge < -0.3 is 5.32 Å². The molecule has 0 spiro atoms. The zero-order chi connectivity index (χ0) is 18.6. The van der Waals surface area contributed by atoms with Crippen LogP contribution in [0.4, 0.5) is 0 Å². The van der Waals surface area contributed by atoms with E-state index in [1.807, 2.05) is 30.3 Å². The van der Waals surface area contributed by atoms with Gasteiger partial charge in [0, 0.05) is 32.2 Å². The first-order valence-corrected chi connectivity index (χ1v) is 10.2. The SMILES string of the molecule is CC(=O)NCSCCC(=O)N1CCCN1C(=O)C1(c2ccccc2)CC1. The van der Waals surface area contributed by atoms with Crippen LogP contribution in [0.2, 0.25) is 0 Å².